The van der Waals surface area contributed by atoms with Crippen molar-refractivity contribution in [3.05, 3.63) is 23.0 Å². The summed E-state index contributed by atoms with van der Waals surface area (Å²) < 4.78 is 5.54. The highest BCUT2D eigenvalue weighted by atomic mass is 32.1. The maximum absolute atomic E-state index is 5.76. The van der Waals surface area contributed by atoms with E-state index in [0.29, 0.717) is 6.54 Å². The van der Waals surface area contributed by atoms with Gasteiger partial charge in [0, 0.05) is 6.04 Å². The van der Waals surface area contributed by atoms with E-state index in [0.717, 1.165) is 10.6 Å². The molecule has 0 aliphatic carbocycles. The molecule has 1 atom stereocenters. The molecule has 0 bridgehead atoms. The number of nitrogens with two attached hydrogens (primary N) is 1. The molecule has 6 nitrogen and oxygen atoms in total. The van der Waals surface area contributed by atoms with Crippen LogP contribution in [0.15, 0.2) is 12.4 Å². The second kappa shape index (κ2) is 3.81. The van der Waals surface area contributed by atoms with Crippen LogP contribution in [0.3, 0.4) is 0 Å². The Kier molecular flexibility index (Phi) is 2.51. The number of hydrogen-bond acceptors (Lipinski definition) is 6. The third-order valence-corrected chi connectivity index (χ3v) is 2.47. The van der Waals surface area contributed by atoms with Crippen LogP contribution in [0.5, 0.6) is 0 Å². The van der Waals surface area contributed by atoms with Crippen LogP contribution in [0.4, 0.5) is 0 Å². The van der Waals surface area contributed by atoms with Crippen molar-refractivity contribution in [3.8, 4) is 0 Å². The molecule has 0 aliphatic heterocycles. The number of hydrogen-bond donors (Lipinski definition) is 1. The molecule has 2 aromatic rings. The average molecular weight is 210 g/mol. The fourth-order valence-corrected chi connectivity index (χ4v) is 1.62. The van der Waals surface area contributed by atoms with Crippen LogP contribution < -0.4 is 5.73 Å². The molecule has 2 heterocycles. The molecule has 0 saturated carbocycles. The van der Waals surface area contributed by atoms with E-state index in [2.05, 4.69) is 19.9 Å². The lowest BCUT2D eigenvalue weighted by molar-refractivity contribution is 0.594. The Hall–Kier alpha value is -1.34. The lowest BCUT2D eigenvalue weighted by Gasteiger charge is -2.06. The smallest absolute Gasteiger partial charge is 0.0806 e. The molecule has 74 valence electrons. The number of nitrogens with zero attached hydrogens (tertiary/aromatic N) is 5. The van der Waals surface area contributed by atoms with Gasteiger partial charge in [-0.15, -0.1) is 10.2 Å². The van der Waals surface area contributed by atoms with Crippen molar-refractivity contribution in [1.29, 1.82) is 0 Å². The van der Waals surface area contributed by atoms with E-state index in [-0.39, 0.29) is 6.04 Å². The largest absolute Gasteiger partial charge is 0.323 e. The van der Waals surface area contributed by atoms with Crippen LogP contribution in [0.2, 0.25) is 0 Å². The monoisotopic (exact) mass is 210 g/mol. The molecule has 0 saturated heterocycles. The highest BCUT2D eigenvalue weighted by Gasteiger charge is 2.09. The second-order valence-electron chi connectivity index (χ2n) is 2.99. The lowest BCUT2D eigenvalue weighted by Crippen LogP contribution is -2.13. The Balaban J connectivity index is 2.21. The Morgan fingerprint density at radius 1 is 1.50 bits per heavy atom. The standard InChI is InChI=1S/C7H10N6S/c1-5(8)7-3-9-11-13(7)4-6-2-10-12-14-6/h2-3,5H,4,8H2,1H3/t5-/m1/s1. The summed E-state index contributed by atoms with van der Waals surface area (Å²) in [6, 6.07) is -0.0640. The second-order valence-corrected chi connectivity index (χ2v) is 3.86. The van der Waals surface area contributed by atoms with Crippen molar-refractivity contribution < 1.29 is 0 Å². The minimum absolute atomic E-state index is 0.0640. The van der Waals surface area contributed by atoms with Crippen LogP contribution in [0.25, 0.3) is 0 Å². The molecule has 14 heavy (non-hydrogen) atoms. The first-order valence-corrected chi connectivity index (χ1v) is 4.95. The van der Waals surface area contributed by atoms with Gasteiger partial charge in [0.2, 0.25) is 0 Å². The fraction of sp³-hybridized carbons (Fsp3) is 0.429. The molecule has 0 amide bonds. The van der Waals surface area contributed by atoms with E-state index in [1.165, 1.54) is 11.5 Å². The van der Waals surface area contributed by atoms with Crippen LogP contribution >= 0.6 is 11.5 Å². The molecule has 7 heteroatoms. The Morgan fingerprint density at radius 3 is 3.00 bits per heavy atom. The van der Waals surface area contributed by atoms with Crippen molar-refractivity contribution in [3.63, 3.8) is 0 Å². The van der Waals surface area contributed by atoms with Gasteiger partial charge in [0.1, 0.15) is 0 Å². The highest BCUT2D eigenvalue weighted by molar-refractivity contribution is 7.05. The molecular weight excluding hydrogens is 200 g/mol. The maximum atomic E-state index is 5.76. The van der Waals surface area contributed by atoms with E-state index in [4.69, 9.17) is 5.73 Å². The molecule has 0 fully saturated rings. The first-order valence-electron chi connectivity index (χ1n) is 4.17. The van der Waals surface area contributed by atoms with Gasteiger partial charge in [-0.05, 0) is 18.5 Å². The quantitative estimate of drug-likeness (QED) is 0.782. The van der Waals surface area contributed by atoms with Crippen molar-refractivity contribution in [2.45, 2.75) is 19.5 Å². The molecule has 2 rings (SSSR count). The van der Waals surface area contributed by atoms with Gasteiger partial charge < -0.3 is 5.73 Å². The van der Waals surface area contributed by atoms with Crippen molar-refractivity contribution in [1.82, 2.24) is 24.6 Å². The molecule has 0 spiro atoms. The summed E-state index contributed by atoms with van der Waals surface area (Å²) in [5.74, 6) is 0. The van der Waals surface area contributed by atoms with Crippen LogP contribution in [-0.4, -0.2) is 24.6 Å². The number of rotatable bonds is 3. The van der Waals surface area contributed by atoms with E-state index >= 15 is 0 Å². The molecule has 0 aromatic carbocycles. The minimum Gasteiger partial charge on any atom is -0.323 e. The fourth-order valence-electron chi connectivity index (χ4n) is 1.15. The predicted octanol–water partition coefficient (Wildman–Crippen LogP) is 0.198. The van der Waals surface area contributed by atoms with Gasteiger partial charge in [-0.1, -0.05) is 9.70 Å². The van der Waals surface area contributed by atoms with Gasteiger partial charge in [0.25, 0.3) is 0 Å². The Labute approximate surface area is 84.9 Å². The lowest BCUT2D eigenvalue weighted by atomic mass is 10.3. The molecule has 0 radical (unpaired) electrons. The zero-order valence-electron chi connectivity index (χ0n) is 7.66. The van der Waals surface area contributed by atoms with Crippen molar-refractivity contribution in [2.24, 2.45) is 5.73 Å². The van der Waals surface area contributed by atoms with Crippen molar-refractivity contribution >= 4 is 11.5 Å². The topological polar surface area (TPSA) is 82.5 Å². The molecule has 0 aliphatic rings. The van der Waals surface area contributed by atoms with Gasteiger partial charge in [-0.2, -0.15) is 0 Å². The SMILES string of the molecule is C[C@@H](N)c1cnnn1Cc1cnns1. The summed E-state index contributed by atoms with van der Waals surface area (Å²) in [4.78, 5) is 1.04. The first-order chi connectivity index (χ1) is 6.77. The van der Waals surface area contributed by atoms with Crippen LogP contribution in [0, 0.1) is 0 Å². The Bertz CT molecular complexity index is 392. The van der Waals surface area contributed by atoms with Crippen molar-refractivity contribution in [2.75, 3.05) is 0 Å². The third-order valence-electron chi connectivity index (χ3n) is 1.83. The zero-order valence-corrected chi connectivity index (χ0v) is 8.48. The van der Waals surface area contributed by atoms with Gasteiger partial charge in [0.15, 0.2) is 0 Å². The molecule has 2 aromatic heterocycles. The van der Waals surface area contributed by atoms with E-state index < -0.39 is 0 Å². The minimum atomic E-state index is -0.0640. The highest BCUT2D eigenvalue weighted by Crippen LogP contribution is 2.10. The third kappa shape index (κ3) is 1.78. The Morgan fingerprint density at radius 2 is 2.36 bits per heavy atom. The summed E-state index contributed by atoms with van der Waals surface area (Å²) in [6.07, 6.45) is 3.40. The summed E-state index contributed by atoms with van der Waals surface area (Å²) >= 11 is 1.35. The van der Waals surface area contributed by atoms with Gasteiger partial charge in [-0.25, -0.2) is 4.68 Å². The van der Waals surface area contributed by atoms with E-state index in [1.807, 2.05) is 6.92 Å². The van der Waals surface area contributed by atoms with Gasteiger partial charge >= 0.3 is 0 Å². The maximum Gasteiger partial charge on any atom is 0.0806 e. The summed E-state index contributed by atoms with van der Waals surface area (Å²) in [5, 5.41) is 11.5. The average Bonchev–Trinajstić information content (AvgIpc) is 2.75. The summed E-state index contributed by atoms with van der Waals surface area (Å²) in [7, 11) is 0. The number of aromatic nitrogens is 5. The van der Waals surface area contributed by atoms with Crippen LogP contribution in [0.1, 0.15) is 23.5 Å². The van der Waals surface area contributed by atoms with E-state index in [9.17, 15) is 0 Å². The molecule has 2 N–H and O–H groups in total. The van der Waals surface area contributed by atoms with Gasteiger partial charge in [0.05, 0.1) is 29.5 Å². The van der Waals surface area contributed by atoms with Crippen LogP contribution in [-0.2, 0) is 6.54 Å². The summed E-state index contributed by atoms with van der Waals surface area (Å²) in [5.41, 5.74) is 6.67. The normalized spacial score (nSPS) is 13.0. The van der Waals surface area contributed by atoms with Gasteiger partial charge in [-0.3, -0.25) is 0 Å². The molecule has 0 unspecified atom stereocenters. The summed E-state index contributed by atoms with van der Waals surface area (Å²) in [6.45, 7) is 2.54. The van der Waals surface area contributed by atoms with E-state index in [1.54, 1.807) is 17.1 Å². The predicted molar refractivity (Wildman–Crippen MR) is 51.6 cm³/mol. The molecular formula is C7H10N6S. The first kappa shape index (κ1) is 9.22. The zero-order chi connectivity index (χ0) is 9.97.